The van der Waals surface area contributed by atoms with Crippen LogP contribution in [-0.4, -0.2) is 75.7 Å². The maximum absolute atomic E-state index is 5.32. The van der Waals surface area contributed by atoms with Crippen LogP contribution in [0.1, 0.15) is 0 Å². The average Bonchev–Trinajstić information content (AvgIpc) is 2.40. The van der Waals surface area contributed by atoms with Gasteiger partial charge < -0.3 is 24.0 Å². The summed E-state index contributed by atoms with van der Waals surface area (Å²) in [4.78, 5) is 12.6. The van der Waals surface area contributed by atoms with Gasteiger partial charge in [0.25, 0.3) is 0 Å². The lowest BCUT2D eigenvalue weighted by atomic mass is 10.4. The molecule has 0 spiro atoms. The van der Waals surface area contributed by atoms with Gasteiger partial charge in [0.05, 0.1) is 20.3 Å². The Morgan fingerprint density at radius 2 is 2.00 bits per heavy atom. The standard InChI is InChI=1S/C10H18N4O3/c1-13-9(14-4-6-17-7-5-14)11-8(15-2)12-10(13)16-3/h10H,4-7H2,1-3H3. The third-order valence-electron chi connectivity index (χ3n) is 2.75. The number of guanidine groups is 1. The number of morpholine rings is 1. The Bertz CT molecular complexity index is 326. The first-order valence-corrected chi connectivity index (χ1v) is 5.55. The summed E-state index contributed by atoms with van der Waals surface area (Å²) >= 11 is 0. The molecule has 0 aromatic carbocycles. The molecule has 2 heterocycles. The molecule has 0 aromatic rings. The molecule has 7 nitrogen and oxygen atoms in total. The summed E-state index contributed by atoms with van der Waals surface area (Å²) in [6, 6.07) is 0.344. The largest absolute Gasteiger partial charge is 0.467 e. The molecule has 96 valence electrons. The molecule has 0 aromatic heterocycles. The second kappa shape index (κ2) is 5.33. The van der Waals surface area contributed by atoms with E-state index in [0.717, 1.165) is 19.0 Å². The van der Waals surface area contributed by atoms with Gasteiger partial charge in [0.1, 0.15) is 0 Å². The van der Waals surface area contributed by atoms with Crippen LogP contribution in [0.2, 0.25) is 0 Å². The smallest absolute Gasteiger partial charge is 0.318 e. The monoisotopic (exact) mass is 242 g/mol. The molecule has 2 aliphatic rings. The van der Waals surface area contributed by atoms with Gasteiger partial charge in [-0.1, -0.05) is 0 Å². The van der Waals surface area contributed by atoms with Crippen molar-refractivity contribution in [1.29, 1.82) is 0 Å². The number of nitrogens with zero attached hydrogens (tertiary/aromatic N) is 4. The van der Waals surface area contributed by atoms with Crippen LogP contribution < -0.4 is 0 Å². The lowest BCUT2D eigenvalue weighted by molar-refractivity contribution is 0.00644. The SMILES string of the molecule is COC1=NC(OC)N(C)C(N2CCOCC2)=N1. The molecule has 1 fully saturated rings. The molecule has 0 saturated carbocycles. The minimum Gasteiger partial charge on any atom is -0.467 e. The van der Waals surface area contributed by atoms with Gasteiger partial charge in [-0.15, -0.1) is 0 Å². The maximum Gasteiger partial charge on any atom is 0.318 e. The Balaban J connectivity index is 2.18. The van der Waals surface area contributed by atoms with Crippen molar-refractivity contribution in [2.75, 3.05) is 47.6 Å². The normalized spacial score (nSPS) is 25.5. The van der Waals surface area contributed by atoms with Crippen LogP contribution >= 0.6 is 0 Å². The first-order valence-electron chi connectivity index (χ1n) is 5.55. The van der Waals surface area contributed by atoms with E-state index in [2.05, 4.69) is 14.9 Å². The minimum absolute atomic E-state index is 0.344. The first kappa shape index (κ1) is 12.1. The minimum atomic E-state index is -0.389. The second-order valence-corrected chi connectivity index (χ2v) is 3.80. The van der Waals surface area contributed by atoms with Crippen molar-refractivity contribution < 1.29 is 14.2 Å². The van der Waals surface area contributed by atoms with E-state index in [1.165, 1.54) is 0 Å². The van der Waals surface area contributed by atoms with Crippen molar-refractivity contribution in [3.05, 3.63) is 0 Å². The van der Waals surface area contributed by atoms with Crippen LogP contribution in [0.25, 0.3) is 0 Å². The third kappa shape index (κ3) is 2.50. The highest BCUT2D eigenvalue weighted by Gasteiger charge is 2.28. The predicted molar refractivity (Wildman–Crippen MR) is 62.8 cm³/mol. The zero-order chi connectivity index (χ0) is 12.3. The maximum atomic E-state index is 5.32. The lowest BCUT2D eigenvalue weighted by Crippen LogP contribution is -2.53. The Kier molecular flexibility index (Phi) is 3.80. The summed E-state index contributed by atoms with van der Waals surface area (Å²) in [6.07, 6.45) is -0.389. The van der Waals surface area contributed by atoms with Crippen LogP contribution in [0.5, 0.6) is 0 Å². The number of methoxy groups -OCH3 is 2. The molecule has 0 amide bonds. The summed E-state index contributed by atoms with van der Waals surface area (Å²) in [6.45, 7) is 3.06. The van der Waals surface area contributed by atoms with E-state index in [-0.39, 0.29) is 6.35 Å². The molecule has 1 unspecified atom stereocenters. The van der Waals surface area contributed by atoms with Crippen molar-refractivity contribution in [2.24, 2.45) is 9.98 Å². The summed E-state index contributed by atoms with van der Waals surface area (Å²) in [5.41, 5.74) is 0. The number of ether oxygens (including phenoxy) is 3. The Labute approximate surface area is 101 Å². The summed E-state index contributed by atoms with van der Waals surface area (Å²) in [7, 11) is 5.07. The fourth-order valence-electron chi connectivity index (χ4n) is 1.84. The molecule has 2 aliphatic heterocycles. The average molecular weight is 242 g/mol. The van der Waals surface area contributed by atoms with Gasteiger partial charge >= 0.3 is 6.02 Å². The number of aliphatic imine (C=N–C) groups is 2. The number of hydrogen-bond donors (Lipinski definition) is 0. The Morgan fingerprint density at radius 1 is 1.29 bits per heavy atom. The molecule has 0 radical (unpaired) electrons. The van der Waals surface area contributed by atoms with Crippen molar-refractivity contribution >= 4 is 12.0 Å². The fraction of sp³-hybridized carbons (Fsp3) is 0.800. The summed E-state index contributed by atoms with van der Waals surface area (Å²) < 4.78 is 15.7. The second-order valence-electron chi connectivity index (χ2n) is 3.80. The van der Waals surface area contributed by atoms with Gasteiger partial charge in [-0.2, -0.15) is 9.98 Å². The van der Waals surface area contributed by atoms with E-state index in [4.69, 9.17) is 14.2 Å². The molecular formula is C10H18N4O3. The van der Waals surface area contributed by atoms with Crippen LogP contribution in [0.15, 0.2) is 9.98 Å². The third-order valence-corrected chi connectivity index (χ3v) is 2.75. The molecule has 7 heteroatoms. The quantitative estimate of drug-likeness (QED) is 0.623. The Hall–Kier alpha value is -1.34. The summed E-state index contributed by atoms with van der Waals surface area (Å²) in [5, 5.41) is 0. The van der Waals surface area contributed by atoms with Gasteiger partial charge in [0.2, 0.25) is 12.3 Å². The lowest BCUT2D eigenvalue weighted by Gasteiger charge is -2.37. The van der Waals surface area contributed by atoms with Crippen LogP contribution in [0.3, 0.4) is 0 Å². The zero-order valence-corrected chi connectivity index (χ0v) is 10.4. The molecule has 17 heavy (non-hydrogen) atoms. The van der Waals surface area contributed by atoms with Crippen molar-refractivity contribution in [1.82, 2.24) is 9.80 Å². The van der Waals surface area contributed by atoms with Crippen LogP contribution in [0.4, 0.5) is 0 Å². The van der Waals surface area contributed by atoms with Gasteiger partial charge in [0.15, 0.2) is 0 Å². The first-order chi connectivity index (χ1) is 8.26. The van der Waals surface area contributed by atoms with E-state index in [1.807, 2.05) is 11.9 Å². The molecule has 0 bridgehead atoms. The van der Waals surface area contributed by atoms with Crippen molar-refractivity contribution in [2.45, 2.75) is 6.35 Å². The van der Waals surface area contributed by atoms with E-state index >= 15 is 0 Å². The van der Waals surface area contributed by atoms with Crippen molar-refractivity contribution in [3.63, 3.8) is 0 Å². The fourth-order valence-corrected chi connectivity index (χ4v) is 1.84. The van der Waals surface area contributed by atoms with E-state index in [9.17, 15) is 0 Å². The molecule has 0 N–H and O–H groups in total. The molecule has 1 atom stereocenters. The van der Waals surface area contributed by atoms with E-state index < -0.39 is 0 Å². The molecule has 0 aliphatic carbocycles. The van der Waals surface area contributed by atoms with Crippen LogP contribution in [-0.2, 0) is 14.2 Å². The summed E-state index contributed by atoms with van der Waals surface area (Å²) in [5.74, 6) is 0.812. The highest BCUT2D eigenvalue weighted by Crippen LogP contribution is 2.12. The van der Waals surface area contributed by atoms with Gasteiger partial charge in [0, 0.05) is 27.2 Å². The van der Waals surface area contributed by atoms with E-state index in [1.54, 1.807) is 14.2 Å². The number of amidine groups is 1. The highest BCUT2D eigenvalue weighted by molar-refractivity contribution is 5.94. The topological polar surface area (TPSA) is 58.9 Å². The van der Waals surface area contributed by atoms with Gasteiger partial charge in [-0.25, -0.2) is 0 Å². The van der Waals surface area contributed by atoms with Crippen LogP contribution in [0, 0.1) is 0 Å². The van der Waals surface area contributed by atoms with Gasteiger partial charge in [-0.05, 0) is 0 Å². The molecular weight excluding hydrogens is 224 g/mol. The van der Waals surface area contributed by atoms with E-state index in [0.29, 0.717) is 19.2 Å². The zero-order valence-electron chi connectivity index (χ0n) is 10.4. The highest BCUT2D eigenvalue weighted by atomic mass is 16.5. The molecule has 2 rings (SSSR count). The van der Waals surface area contributed by atoms with Gasteiger partial charge in [-0.3, -0.25) is 0 Å². The number of rotatable bonds is 1. The van der Waals surface area contributed by atoms with Crippen molar-refractivity contribution in [3.8, 4) is 0 Å². The Morgan fingerprint density at radius 3 is 2.59 bits per heavy atom. The number of hydrogen-bond acceptors (Lipinski definition) is 7. The molecule has 1 saturated heterocycles. The predicted octanol–water partition coefficient (Wildman–Crippen LogP) is -0.448.